The second-order valence-electron chi connectivity index (χ2n) is 3.98. The highest BCUT2D eigenvalue weighted by Crippen LogP contribution is 2.44. The fourth-order valence-corrected chi connectivity index (χ4v) is 2.27. The van der Waals surface area contributed by atoms with E-state index in [4.69, 9.17) is 43.6 Å². The normalized spacial score (nSPS) is 13.1. The van der Waals surface area contributed by atoms with Crippen LogP contribution in [0, 0.1) is 0 Å². The van der Waals surface area contributed by atoms with Gasteiger partial charge in [-0.25, -0.2) is 0 Å². The molecule has 0 bridgehead atoms. The standard InChI is InChI=1S/C13H7Cl3N2O2/c14-13(15,16)10(5-11-18-17-7-20-11)12-9-4-2-1-3-8(9)6-19-12/h1-7H. The molecule has 3 rings (SSSR count). The summed E-state index contributed by atoms with van der Waals surface area (Å²) in [5.41, 5.74) is 0.327. The van der Waals surface area contributed by atoms with Crippen molar-refractivity contribution >= 4 is 57.2 Å². The molecule has 0 aliphatic rings. The molecule has 0 radical (unpaired) electrons. The molecule has 0 atom stereocenters. The van der Waals surface area contributed by atoms with Crippen molar-refractivity contribution in [1.29, 1.82) is 0 Å². The molecule has 2 aromatic heterocycles. The van der Waals surface area contributed by atoms with Crippen LogP contribution in [0.5, 0.6) is 0 Å². The largest absolute Gasteiger partial charge is 0.463 e. The van der Waals surface area contributed by atoms with Crippen LogP contribution in [0.25, 0.3) is 22.4 Å². The van der Waals surface area contributed by atoms with Crippen LogP contribution in [0.2, 0.25) is 0 Å². The van der Waals surface area contributed by atoms with Crippen molar-refractivity contribution < 1.29 is 8.83 Å². The third-order valence-corrected chi connectivity index (χ3v) is 3.31. The molecule has 20 heavy (non-hydrogen) atoms. The van der Waals surface area contributed by atoms with Gasteiger partial charge in [-0.15, -0.1) is 10.2 Å². The Morgan fingerprint density at radius 2 is 1.95 bits per heavy atom. The van der Waals surface area contributed by atoms with Crippen LogP contribution in [0.4, 0.5) is 0 Å². The predicted molar refractivity (Wildman–Crippen MR) is 78.7 cm³/mol. The topological polar surface area (TPSA) is 52.1 Å². The average Bonchev–Trinajstić information content (AvgIpc) is 3.04. The molecule has 0 N–H and O–H groups in total. The van der Waals surface area contributed by atoms with E-state index in [0.717, 1.165) is 10.8 Å². The van der Waals surface area contributed by atoms with E-state index in [1.54, 1.807) is 6.26 Å². The van der Waals surface area contributed by atoms with Crippen molar-refractivity contribution in [2.75, 3.05) is 0 Å². The molecule has 0 spiro atoms. The number of alkyl halides is 3. The van der Waals surface area contributed by atoms with Gasteiger partial charge in [0.25, 0.3) is 0 Å². The highest BCUT2D eigenvalue weighted by atomic mass is 35.6. The van der Waals surface area contributed by atoms with Gasteiger partial charge in [-0.2, -0.15) is 0 Å². The zero-order chi connectivity index (χ0) is 14.2. The summed E-state index contributed by atoms with van der Waals surface area (Å²) in [6.45, 7) is 0. The summed E-state index contributed by atoms with van der Waals surface area (Å²) in [4.78, 5) is 0. The lowest BCUT2D eigenvalue weighted by atomic mass is 10.1. The zero-order valence-corrected chi connectivity index (χ0v) is 12.2. The predicted octanol–water partition coefficient (Wildman–Crippen LogP) is 4.73. The van der Waals surface area contributed by atoms with Gasteiger partial charge in [0.05, 0.1) is 11.8 Å². The maximum atomic E-state index is 6.02. The Balaban J connectivity index is 2.20. The van der Waals surface area contributed by atoms with Gasteiger partial charge in [0, 0.05) is 16.8 Å². The Morgan fingerprint density at radius 3 is 2.65 bits per heavy atom. The highest BCUT2D eigenvalue weighted by Gasteiger charge is 2.31. The smallest absolute Gasteiger partial charge is 0.240 e. The Morgan fingerprint density at radius 1 is 1.15 bits per heavy atom. The molecule has 0 aliphatic heterocycles. The fourth-order valence-electron chi connectivity index (χ4n) is 1.85. The van der Waals surface area contributed by atoms with E-state index in [2.05, 4.69) is 10.2 Å². The lowest BCUT2D eigenvalue weighted by Crippen LogP contribution is -2.05. The minimum absolute atomic E-state index is 0.229. The van der Waals surface area contributed by atoms with Gasteiger partial charge in [-0.05, 0) is 0 Å². The van der Waals surface area contributed by atoms with Crippen LogP contribution >= 0.6 is 34.8 Å². The number of nitrogens with zero attached hydrogens (tertiary/aromatic N) is 2. The summed E-state index contributed by atoms with van der Waals surface area (Å²) in [6, 6.07) is 7.57. The Kier molecular flexibility index (Phi) is 3.46. The first-order chi connectivity index (χ1) is 9.55. The molecule has 3 aromatic rings. The first kappa shape index (κ1) is 13.5. The number of fused-ring (bicyclic) bond motifs is 1. The lowest BCUT2D eigenvalue weighted by molar-refractivity contribution is 0.540. The molecular weight excluding hydrogens is 323 g/mol. The number of aromatic nitrogens is 2. The molecule has 0 aliphatic carbocycles. The SMILES string of the molecule is ClC(Cl)(Cl)C(=Cc1nnco1)c1occ2ccccc12. The quantitative estimate of drug-likeness (QED) is 0.638. The molecule has 0 fully saturated rings. The third-order valence-electron chi connectivity index (χ3n) is 2.70. The van der Waals surface area contributed by atoms with Crippen LogP contribution in [-0.2, 0) is 0 Å². The zero-order valence-electron chi connectivity index (χ0n) is 9.89. The fraction of sp³-hybridized carbons (Fsp3) is 0.0769. The van der Waals surface area contributed by atoms with Crippen molar-refractivity contribution in [2.45, 2.75) is 3.79 Å². The Labute approximate surface area is 128 Å². The van der Waals surface area contributed by atoms with Crippen molar-refractivity contribution in [2.24, 2.45) is 0 Å². The second kappa shape index (κ2) is 5.13. The minimum Gasteiger partial charge on any atom is -0.463 e. The summed E-state index contributed by atoms with van der Waals surface area (Å²) in [6.07, 6.45) is 4.29. The number of rotatable bonds is 2. The van der Waals surface area contributed by atoms with Crippen LogP contribution in [0.15, 0.2) is 45.8 Å². The first-order valence-corrected chi connectivity index (χ1v) is 6.71. The van der Waals surface area contributed by atoms with E-state index in [-0.39, 0.29) is 5.89 Å². The molecule has 102 valence electrons. The lowest BCUT2D eigenvalue weighted by Gasteiger charge is -2.13. The van der Waals surface area contributed by atoms with Crippen LogP contribution in [0.1, 0.15) is 11.7 Å². The molecule has 7 heteroatoms. The van der Waals surface area contributed by atoms with E-state index in [1.807, 2.05) is 24.3 Å². The molecule has 4 nitrogen and oxygen atoms in total. The summed E-state index contributed by atoms with van der Waals surface area (Å²) in [7, 11) is 0. The van der Waals surface area contributed by atoms with Gasteiger partial charge in [0.1, 0.15) is 5.76 Å². The van der Waals surface area contributed by atoms with E-state index >= 15 is 0 Å². The first-order valence-electron chi connectivity index (χ1n) is 5.57. The molecular formula is C13H7Cl3N2O2. The molecule has 0 saturated heterocycles. The summed E-state index contributed by atoms with van der Waals surface area (Å²) >= 11 is 18.1. The van der Waals surface area contributed by atoms with Crippen molar-refractivity contribution in [1.82, 2.24) is 10.2 Å². The molecule has 2 heterocycles. The Bertz CT molecular complexity index is 757. The number of furan rings is 1. The van der Waals surface area contributed by atoms with Gasteiger partial charge in [-0.1, -0.05) is 59.1 Å². The van der Waals surface area contributed by atoms with Gasteiger partial charge in [0.15, 0.2) is 0 Å². The number of hydrogen-bond donors (Lipinski definition) is 0. The van der Waals surface area contributed by atoms with Crippen molar-refractivity contribution in [3.8, 4) is 0 Å². The summed E-state index contributed by atoms with van der Waals surface area (Å²) in [5.74, 6) is 0.686. The summed E-state index contributed by atoms with van der Waals surface area (Å²) in [5, 5.41) is 9.08. The van der Waals surface area contributed by atoms with Gasteiger partial charge in [-0.3, -0.25) is 0 Å². The molecule has 0 amide bonds. The van der Waals surface area contributed by atoms with Crippen LogP contribution in [-0.4, -0.2) is 14.0 Å². The third kappa shape index (κ3) is 2.54. The molecule has 1 aromatic carbocycles. The van der Waals surface area contributed by atoms with E-state index in [9.17, 15) is 0 Å². The Hall–Kier alpha value is -1.49. The number of benzene rings is 1. The number of hydrogen-bond acceptors (Lipinski definition) is 4. The van der Waals surface area contributed by atoms with Gasteiger partial charge in [0.2, 0.25) is 16.1 Å². The molecule has 0 saturated carbocycles. The van der Waals surface area contributed by atoms with E-state index in [1.165, 1.54) is 12.5 Å². The average molecular weight is 330 g/mol. The van der Waals surface area contributed by atoms with Crippen LogP contribution < -0.4 is 0 Å². The maximum Gasteiger partial charge on any atom is 0.240 e. The van der Waals surface area contributed by atoms with Crippen molar-refractivity contribution in [3.05, 3.63) is 48.6 Å². The monoisotopic (exact) mass is 328 g/mol. The van der Waals surface area contributed by atoms with Gasteiger partial charge >= 0.3 is 0 Å². The van der Waals surface area contributed by atoms with Gasteiger partial charge < -0.3 is 8.83 Å². The molecule has 0 unspecified atom stereocenters. The van der Waals surface area contributed by atoms with E-state index in [0.29, 0.717) is 11.3 Å². The van der Waals surface area contributed by atoms with Crippen molar-refractivity contribution in [3.63, 3.8) is 0 Å². The minimum atomic E-state index is -1.69. The van der Waals surface area contributed by atoms with Crippen LogP contribution in [0.3, 0.4) is 0 Å². The number of allylic oxidation sites excluding steroid dienone is 1. The maximum absolute atomic E-state index is 6.02. The number of halogens is 3. The summed E-state index contributed by atoms with van der Waals surface area (Å²) < 4.78 is 8.91. The second-order valence-corrected chi connectivity index (χ2v) is 6.27. The highest BCUT2D eigenvalue weighted by molar-refractivity contribution is 6.73. The van der Waals surface area contributed by atoms with E-state index < -0.39 is 3.79 Å².